The maximum Gasteiger partial charge on any atom is 0.293 e. The van der Waals surface area contributed by atoms with Crippen molar-refractivity contribution < 1.29 is 14.6 Å². The van der Waals surface area contributed by atoms with Crippen molar-refractivity contribution in [2.75, 3.05) is 6.61 Å². The summed E-state index contributed by atoms with van der Waals surface area (Å²) in [4.78, 5) is 9.72. The monoisotopic (exact) mass is 146 g/mol. The summed E-state index contributed by atoms with van der Waals surface area (Å²) in [6.45, 7) is 4.44. The third-order valence-corrected chi connectivity index (χ3v) is 1.50. The van der Waals surface area contributed by atoms with Crippen molar-refractivity contribution in [3.8, 4) is 0 Å². The van der Waals surface area contributed by atoms with Crippen LogP contribution in [0.2, 0.25) is 0 Å². The molecule has 60 valence electrons. The summed E-state index contributed by atoms with van der Waals surface area (Å²) in [5.74, 6) is 0.0372. The minimum atomic E-state index is -0.361. The molecule has 0 aliphatic heterocycles. The third kappa shape index (κ3) is 3.45. The first-order valence-corrected chi connectivity index (χ1v) is 3.45. The summed E-state index contributed by atoms with van der Waals surface area (Å²) < 4.78 is 4.48. The highest BCUT2D eigenvalue weighted by molar-refractivity contribution is 5.36. The normalized spacial score (nSPS) is 15.9. The van der Waals surface area contributed by atoms with Gasteiger partial charge < -0.3 is 9.84 Å². The molecule has 1 N–H and O–H groups in total. The van der Waals surface area contributed by atoms with Crippen LogP contribution in [0, 0.1) is 5.92 Å². The molecule has 0 aromatic rings. The lowest BCUT2D eigenvalue weighted by Crippen LogP contribution is -2.20. The highest BCUT2D eigenvalue weighted by Crippen LogP contribution is 2.05. The average Bonchev–Trinajstić information content (AvgIpc) is 1.98. The molecule has 0 aliphatic carbocycles. The topological polar surface area (TPSA) is 46.5 Å². The van der Waals surface area contributed by atoms with Gasteiger partial charge in [-0.25, -0.2) is 0 Å². The Balaban J connectivity index is 3.40. The van der Waals surface area contributed by atoms with E-state index in [1.807, 2.05) is 13.8 Å². The van der Waals surface area contributed by atoms with Gasteiger partial charge in [0.05, 0.1) is 12.7 Å². The van der Waals surface area contributed by atoms with E-state index in [1.165, 1.54) is 0 Å². The molecule has 2 unspecified atom stereocenters. The molecule has 0 aromatic heterocycles. The highest BCUT2D eigenvalue weighted by atomic mass is 16.5. The molecule has 10 heavy (non-hydrogen) atoms. The van der Waals surface area contributed by atoms with Gasteiger partial charge in [0, 0.05) is 5.92 Å². The van der Waals surface area contributed by atoms with Crippen molar-refractivity contribution >= 4 is 6.47 Å². The maximum absolute atomic E-state index is 9.72. The fourth-order valence-electron chi connectivity index (χ4n) is 0.705. The first-order chi connectivity index (χ1) is 4.72. The van der Waals surface area contributed by atoms with Gasteiger partial charge in [-0.3, -0.25) is 4.79 Å². The molecule has 0 fully saturated rings. The Morgan fingerprint density at radius 2 is 2.30 bits per heavy atom. The van der Waals surface area contributed by atoms with E-state index >= 15 is 0 Å². The van der Waals surface area contributed by atoms with Crippen LogP contribution in [0.25, 0.3) is 0 Å². The highest BCUT2D eigenvalue weighted by Gasteiger charge is 2.11. The van der Waals surface area contributed by atoms with E-state index in [0.29, 0.717) is 19.5 Å². The first kappa shape index (κ1) is 9.43. The molecule has 0 rings (SSSR count). The molecule has 0 aromatic carbocycles. The molecule has 0 radical (unpaired) electrons. The lowest BCUT2D eigenvalue weighted by atomic mass is 10.0. The Morgan fingerprint density at radius 1 is 1.70 bits per heavy atom. The molecule has 0 saturated heterocycles. The zero-order valence-electron chi connectivity index (χ0n) is 6.41. The second-order valence-electron chi connectivity index (χ2n) is 2.38. The molecule has 0 heterocycles. The van der Waals surface area contributed by atoms with Crippen molar-refractivity contribution in [2.45, 2.75) is 26.4 Å². The summed E-state index contributed by atoms with van der Waals surface area (Å²) >= 11 is 0. The zero-order chi connectivity index (χ0) is 7.98. The lowest BCUT2D eigenvalue weighted by Gasteiger charge is -2.14. The van der Waals surface area contributed by atoms with Crippen molar-refractivity contribution in [1.82, 2.24) is 0 Å². The van der Waals surface area contributed by atoms with Gasteiger partial charge >= 0.3 is 0 Å². The van der Waals surface area contributed by atoms with Crippen LogP contribution in [0.15, 0.2) is 0 Å². The van der Waals surface area contributed by atoms with Crippen LogP contribution in [0.5, 0.6) is 0 Å². The van der Waals surface area contributed by atoms with E-state index in [9.17, 15) is 4.79 Å². The quantitative estimate of drug-likeness (QED) is 0.577. The Kier molecular flexibility index (Phi) is 4.94. The van der Waals surface area contributed by atoms with Gasteiger partial charge in [-0.05, 0) is 6.42 Å². The summed E-state index contributed by atoms with van der Waals surface area (Å²) in [6, 6.07) is 0. The Morgan fingerprint density at radius 3 is 2.70 bits per heavy atom. The molecule has 0 spiro atoms. The van der Waals surface area contributed by atoms with Crippen molar-refractivity contribution in [1.29, 1.82) is 0 Å². The Bertz CT molecular complexity index is 92.9. The van der Waals surface area contributed by atoms with Gasteiger partial charge in [0.1, 0.15) is 0 Å². The third-order valence-electron chi connectivity index (χ3n) is 1.50. The molecular formula is C7H14O3. The predicted octanol–water partition coefficient (Wildman–Crippen LogP) is 0.566. The number of carbonyl (C=O) groups is 1. The molecule has 0 aliphatic rings. The fourth-order valence-corrected chi connectivity index (χ4v) is 0.705. The van der Waals surface area contributed by atoms with E-state index in [-0.39, 0.29) is 12.0 Å². The SMILES string of the molecule is CCC(O)C(C)COC=O. The molecular weight excluding hydrogens is 132 g/mol. The molecule has 0 bridgehead atoms. The molecule has 0 saturated carbocycles. The molecule has 2 atom stereocenters. The Hall–Kier alpha value is -0.570. The number of aliphatic hydroxyl groups excluding tert-OH is 1. The van der Waals surface area contributed by atoms with Gasteiger partial charge in [0.25, 0.3) is 6.47 Å². The first-order valence-electron chi connectivity index (χ1n) is 3.45. The number of aliphatic hydroxyl groups is 1. The summed E-state index contributed by atoms with van der Waals surface area (Å²) in [7, 11) is 0. The molecule has 3 nitrogen and oxygen atoms in total. The van der Waals surface area contributed by atoms with Gasteiger partial charge in [-0.1, -0.05) is 13.8 Å². The zero-order valence-corrected chi connectivity index (χ0v) is 6.41. The van der Waals surface area contributed by atoms with E-state index in [4.69, 9.17) is 5.11 Å². The second kappa shape index (κ2) is 5.23. The van der Waals surface area contributed by atoms with Crippen LogP contribution in [0.1, 0.15) is 20.3 Å². The largest absolute Gasteiger partial charge is 0.468 e. The van der Waals surface area contributed by atoms with Crippen molar-refractivity contribution in [2.24, 2.45) is 5.92 Å². The minimum absolute atomic E-state index is 0.0372. The van der Waals surface area contributed by atoms with Crippen LogP contribution in [0.3, 0.4) is 0 Å². The standard InChI is InChI=1S/C7H14O3/c1-3-7(9)6(2)4-10-5-8/h5-7,9H,3-4H2,1-2H3. The number of carbonyl (C=O) groups excluding carboxylic acids is 1. The van der Waals surface area contributed by atoms with Crippen LogP contribution in [-0.4, -0.2) is 24.3 Å². The van der Waals surface area contributed by atoms with Gasteiger partial charge in [0.15, 0.2) is 0 Å². The predicted molar refractivity (Wildman–Crippen MR) is 37.5 cm³/mol. The van der Waals surface area contributed by atoms with Gasteiger partial charge in [0.2, 0.25) is 0 Å². The number of rotatable bonds is 5. The number of hydrogen-bond acceptors (Lipinski definition) is 3. The lowest BCUT2D eigenvalue weighted by molar-refractivity contribution is -0.130. The molecule has 3 heteroatoms. The van der Waals surface area contributed by atoms with Gasteiger partial charge in [-0.2, -0.15) is 0 Å². The Labute approximate surface area is 61.0 Å². The van der Waals surface area contributed by atoms with E-state index in [2.05, 4.69) is 4.74 Å². The van der Waals surface area contributed by atoms with Crippen LogP contribution in [-0.2, 0) is 9.53 Å². The number of hydrogen-bond donors (Lipinski definition) is 1. The molecule has 0 amide bonds. The van der Waals surface area contributed by atoms with E-state index in [0.717, 1.165) is 0 Å². The van der Waals surface area contributed by atoms with E-state index in [1.54, 1.807) is 0 Å². The van der Waals surface area contributed by atoms with E-state index < -0.39 is 0 Å². The second-order valence-corrected chi connectivity index (χ2v) is 2.38. The summed E-state index contributed by atoms with van der Waals surface area (Å²) in [6.07, 6.45) is 0.337. The maximum atomic E-state index is 9.72. The van der Waals surface area contributed by atoms with Crippen molar-refractivity contribution in [3.63, 3.8) is 0 Å². The smallest absolute Gasteiger partial charge is 0.293 e. The average molecular weight is 146 g/mol. The minimum Gasteiger partial charge on any atom is -0.468 e. The van der Waals surface area contributed by atoms with Crippen LogP contribution in [0.4, 0.5) is 0 Å². The summed E-state index contributed by atoms with van der Waals surface area (Å²) in [5, 5.41) is 9.16. The summed E-state index contributed by atoms with van der Waals surface area (Å²) in [5.41, 5.74) is 0. The van der Waals surface area contributed by atoms with Gasteiger partial charge in [-0.15, -0.1) is 0 Å². The fraction of sp³-hybridized carbons (Fsp3) is 0.857. The van der Waals surface area contributed by atoms with Crippen LogP contribution >= 0.6 is 0 Å². The van der Waals surface area contributed by atoms with Crippen LogP contribution < -0.4 is 0 Å². The number of ether oxygens (including phenoxy) is 1. The van der Waals surface area contributed by atoms with Crippen molar-refractivity contribution in [3.05, 3.63) is 0 Å².